The van der Waals surface area contributed by atoms with Gasteiger partial charge in [-0.25, -0.2) is 4.39 Å². The van der Waals surface area contributed by atoms with Gasteiger partial charge in [0.1, 0.15) is 17.8 Å². The summed E-state index contributed by atoms with van der Waals surface area (Å²) < 4.78 is 18.0. The maximum absolute atomic E-state index is 13.0. The third kappa shape index (κ3) is 4.07. The van der Waals surface area contributed by atoms with Crippen LogP contribution in [-0.4, -0.2) is 11.1 Å². The molecule has 0 aliphatic heterocycles. The largest absolute Gasteiger partial charge is 0.364 e. The minimum Gasteiger partial charge on any atom is -0.364 e. The van der Waals surface area contributed by atoms with Crippen molar-refractivity contribution >= 4 is 5.91 Å². The quantitative estimate of drug-likeness (QED) is 0.751. The third-order valence-electron chi connectivity index (χ3n) is 3.71. The van der Waals surface area contributed by atoms with Crippen molar-refractivity contribution in [3.63, 3.8) is 0 Å². The van der Waals surface area contributed by atoms with E-state index >= 15 is 0 Å². The Bertz CT molecular complexity index is 798. The lowest BCUT2D eigenvalue weighted by atomic mass is 10.0. The topological polar surface area (TPSA) is 55.1 Å². The Kier molecular flexibility index (Phi) is 5.01. The lowest BCUT2D eigenvalue weighted by Gasteiger charge is -2.05. The molecule has 0 saturated carbocycles. The van der Waals surface area contributed by atoms with Crippen LogP contribution in [0.5, 0.6) is 0 Å². The number of carbonyl (C=O) groups excluding carboxylic acids is 1. The zero-order chi connectivity index (χ0) is 16.8. The molecule has 1 aromatic heterocycles. The molecule has 2 aromatic carbocycles. The van der Waals surface area contributed by atoms with Gasteiger partial charge >= 0.3 is 0 Å². The molecular formula is C19H17FN2O2. The van der Waals surface area contributed by atoms with Crippen molar-refractivity contribution in [1.29, 1.82) is 0 Å². The van der Waals surface area contributed by atoms with Gasteiger partial charge in [0.15, 0.2) is 0 Å². The molecular weight excluding hydrogens is 307 g/mol. The van der Waals surface area contributed by atoms with Crippen LogP contribution in [0, 0.1) is 5.82 Å². The highest BCUT2D eigenvalue weighted by Crippen LogP contribution is 2.23. The van der Waals surface area contributed by atoms with Crippen LogP contribution in [0.2, 0.25) is 0 Å². The molecule has 1 heterocycles. The fraction of sp³-hybridized carbons (Fsp3) is 0.158. The number of hydrogen-bond donors (Lipinski definition) is 1. The predicted molar refractivity (Wildman–Crippen MR) is 88.5 cm³/mol. The number of nitrogens with zero attached hydrogens (tertiary/aromatic N) is 1. The maximum Gasteiger partial charge on any atom is 0.220 e. The van der Waals surface area contributed by atoms with Crippen LogP contribution in [0.15, 0.2) is 65.4 Å². The molecule has 1 N–H and O–H groups in total. The summed E-state index contributed by atoms with van der Waals surface area (Å²) in [7, 11) is 0. The first-order valence-corrected chi connectivity index (χ1v) is 7.72. The highest BCUT2D eigenvalue weighted by atomic mass is 19.1. The summed E-state index contributed by atoms with van der Waals surface area (Å²) >= 11 is 0. The average molecular weight is 324 g/mol. The summed E-state index contributed by atoms with van der Waals surface area (Å²) in [4.78, 5) is 12.0. The number of aryl methyl sites for hydroxylation is 1. The number of benzene rings is 2. The number of hydrogen-bond acceptors (Lipinski definition) is 3. The van der Waals surface area contributed by atoms with E-state index in [1.54, 1.807) is 12.1 Å². The molecule has 3 aromatic rings. The Hall–Kier alpha value is -2.95. The first kappa shape index (κ1) is 15.9. The second-order valence-electron chi connectivity index (χ2n) is 5.46. The maximum atomic E-state index is 13.0. The molecule has 0 bridgehead atoms. The molecule has 0 atom stereocenters. The van der Waals surface area contributed by atoms with E-state index in [-0.39, 0.29) is 11.7 Å². The molecule has 0 saturated heterocycles. The molecule has 4 nitrogen and oxygen atoms in total. The van der Waals surface area contributed by atoms with E-state index < -0.39 is 0 Å². The fourth-order valence-electron chi connectivity index (χ4n) is 2.41. The normalized spacial score (nSPS) is 10.5. The Labute approximate surface area is 139 Å². The number of amides is 1. The lowest BCUT2D eigenvalue weighted by Crippen LogP contribution is -2.22. The van der Waals surface area contributed by atoms with Gasteiger partial charge in [0.25, 0.3) is 0 Å². The Morgan fingerprint density at radius 1 is 1.08 bits per heavy atom. The SMILES string of the molecule is O=C(CCc1conc1-c1ccc(F)cc1)NCc1ccccc1. The summed E-state index contributed by atoms with van der Waals surface area (Å²) in [6, 6.07) is 15.8. The molecule has 0 spiro atoms. The minimum atomic E-state index is -0.302. The second kappa shape index (κ2) is 7.55. The van der Waals surface area contributed by atoms with Gasteiger partial charge in [0.2, 0.25) is 5.91 Å². The van der Waals surface area contributed by atoms with E-state index in [4.69, 9.17) is 4.52 Å². The van der Waals surface area contributed by atoms with Crippen molar-refractivity contribution in [3.05, 3.63) is 77.8 Å². The molecule has 0 radical (unpaired) electrons. The molecule has 0 aliphatic rings. The van der Waals surface area contributed by atoms with Crippen molar-refractivity contribution < 1.29 is 13.7 Å². The average Bonchev–Trinajstić information content (AvgIpc) is 3.08. The fourth-order valence-corrected chi connectivity index (χ4v) is 2.41. The van der Waals surface area contributed by atoms with Crippen molar-refractivity contribution in [2.75, 3.05) is 0 Å². The highest BCUT2D eigenvalue weighted by molar-refractivity contribution is 5.76. The molecule has 0 unspecified atom stereocenters. The third-order valence-corrected chi connectivity index (χ3v) is 3.71. The van der Waals surface area contributed by atoms with Gasteiger partial charge in [-0.3, -0.25) is 4.79 Å². The van der Waals surface area contributed by atoms with E-state index in [0.29, 0.717) is 25.1 Å². The first-order valence-electron chi connectivity index (χ1n) is 7.72. The van der Waals surface area contributed by atoms with Crippen LogP contribution in [0.3, 0.4) is 0 Å². The molecule has 3 rings (SSSR count). The van der Waals surface area contributed by atoms with Crippen molar-refractivity contribution in [3.8, 4) is 11.3 Å². The zero-order valence-electron chi connectivity index (χ0n) is 13.0. The number of aromatic nitrogens is 1. The predicted octanol–water partition coefficient (Wildman–Crippen LogP) is 3.73. The van der Waals surface area contributed by atoms with Crippen molar-refractivity contribution in [2.45, 2.75) is 19.4 Å². The highest BCUT2D eigenvalue weighted by Gasteiger charge is 2.12. The van der Waals surface area contributed by atoms with Gasteiger partial charge in [-0.2, -0.15) is 0 Å². The number of nitrogens with one attached hydrogen (secondary N) is 1. The first-order chi connectivity index (χ1) is 11.7. The second-order valence-corrected chi connectivity index (χ2v) is 5.46. The number of halogens is 1. The van der Waals surface area contributed by atoms with Gasteiger partial charge < -0.3 is 9.84 Å². The van der Waals surface area contributed by atoms with Crippen LogP contribution < -0.4 is 5.32 Å². The molecule has 0 aliphatic carbocycles. The summed E-state index contributed by atoms with van der Waals surface area (Å²) in [6.07, 6.45) is 2.38. The van der Waals surface area contributed by atoms with Gasteiger partial charge in [0.05, 0.1) is 0 Å². The zero-order valence-corrected chi connectivity index (χ0v) is 13.0. The Balaban J connectivity index is 1.56. The molecule has 1 amide bonds. The van der Waals surface area contributed by atoms with E-state index in [2.05, 4.69) is 10.5 Å². The summed E-state index contributed by atoms with van der Waals surface area (Å²) in [6.45, 7) is 0.508. The van der Waals surface area contributed by atoms with Gasteiger partial charge in [0, 0.05) is 24.1 Å². The summed E-state index contributed by atoms with van der Waals surface area (Å²) in [5, 5.41) is 6.85. The molecule has 122 valence electrons. The van der Waals surface area contributed by atoms with Crippen LogP contribution in [-0.2, 0) is 17.8 Å². The summed E-state index contributed by atoms with van der Waals surface area (Å²) in [5.41, 5.74) is 3.30. The minimum absolute atomic E-state index is 0.0369. The van der Waals surface area contributed by atoms with Crippen LogP contribution in [0.4, 0.5) is 4.39 Å². The van der Waals surface area contributed by atoms with E-state index in [9.17, 15) is 9.18 Å². The van der Waals surface area contributed by atoms with Crippen molar-refractivity contribution in [1.82, 2.24) is 10.5 Å². The molecule has 5 heteroatoms. The van der Waals surface area contributed by atoms with Crippen LogP contribution in [0.25, 0.3) is 11.3 Å². The van der Waals surface area contributed by atoms with E-state index in [1.165, 1.54) is 18.4 Å². The van der Waals surface area contributed by atoms with Crippen LogP contribution >= 0.6 is 0 Å². The van der Waals surface area contributed by atoms with Gasteiger partial charge in [-0.15, -0.1) is 0 Å². The van der Waals surface area contributed by atoms with Gasteiger partial charge in [-0.1, -0.05) is 35.5 Å². The molecule has 24 heavy (non-hydrogen) atoms. The Morgan fingerprint density at radius 3 is 2.58 bits per heavy atom. The lowest BCUT2D eigenvalue weighted by molar-refractivity contribution is -0.121. The summed E-state index contributed by atoms with van der Waals surface area (Å²) in [5.74, 6) is -0.339. The van der Waals surface area contributed by atoms with Crippen LogP contribution in [0.1, 0.15) is 17.5 Å². The number of rotatable bonds is 6. The smallest absolute Gasteiger partial charge is 0.220 e. The van der Waals surface area contributed by atoms with E-state index in [0.717, 1.165) is 16.7 Å². The monoisotopic (exact) mass is 324 g/mol. The van der Waals surface area contributed by atoms with E-state index in [1.807, 2.05) is 30.3 Å². The van der Waals surface area contributed by atoms with Crippen molar-refractivity contribution in [2.24, 2.45) is 0 Å². The molecule has 0 fully saturated rings. The number of carbonyl (C=O) groups is 1. The van der Waals surface area contributed by atoms with Gasteiger partial charge in [-0.05, 0) is 36.2 Å². The standard InChI is InChI=1S/C19H17FN2O2/c20-17-9-6-15(7-10-17)19-16(13-24-22-19)8-11-18(23)21-12-14-4-2-1-3-5-14/h1-7,9-10,13H,8,11-12H2,(H,21,23). The Morgan fingerprint density at radius 2 is 1.83 bits per heavy atom.